The molecule has 0 fully saturated rings. The zero-order chi connectivity index (χ0) is 14.4. The maximum Gasteiger partial charge on any atom is 0.229 e. The summed E-state index contributed by atoms with van der Waals surface area (Å²) in [6.45, 7) is 0.859. The van der Waals surface area contributed by atoms with E-state index in [-0.39, 0.29) is 0 Å². The molecule has 1 aliphatic carbocycles. The van der Waals surface area contributed by atoms with Gasteiger partial charge in [0.1, 0.15) is 5.82 Å². The lowest BCUT2D eigenvalue weighted by Gasteiger charge is -2.13. The Labute approximate surface area is 120 Å². The molecule has 1 heterocycles. The monoisotopic (exact) mass is 295 g/mol. The molecule has 0 bridgehead atoms. The van der Waals surface area contributed by atoms with E-state index in [1.165, 1.54) is 37.5 Å². The SMILES string of the molecule is CS(=O)(=O)Nc1ccc(NCCC2=CCCCC2)nc1. The largest absolute Gasteiger partial charge is 0.370 e. The van der Waals surface area contributed by atoms with Crippen LogP contribution in [0.3, 0.4) is 0 Å². The molecule has 0 radical (unpaired) electrons. The Kier molecular flexibility index (Phi) is 5.00. The van der Waals surface area contributed by atoms with Crippen LogP contribution in [0.25, 0.3) is 0 Å². The second-order valence-electron chi connectivity index (χ2n) is 5.09. The summed E-state index contributed by atoms with van der Waals surface area (Å²) in [5.74, 6) is 0.764. The van der Waals surface area contributed by atoms with E-state index in [0.717, 1.165) is 25.0 Å². The highest BCUT2D eigenvalue weighted by Crippen LogP contribution is 2.20. The quantitative estimate of drug-likeness (QED) is 0.792. The van der Waals surface area contributed by atoms with Crippen LogP contribution in [0, 0.1) is 0 Å². The van der Waals surface area contributed by atoms with E-state index >= 15 is 0 Å². The van der Waals surface area contributed by atoms with Crippen LogP contribution in [-0.4, -0.2) is 26.2 Å². The molecular formula is C14H21N3O2S. The number of rotatable bonds is 6. The van der Waals surface area contributed by atoms with Gasteiger partial charge in [0.05, 0.1) is 18.1 Å². The molecule has 0 unspecified atom stereocenters. The number of aromatic nitrogens is 1. The van der Waals surface area contributed by atoms with Gasteiger partial charge in [-0.2, -0.15) is 0 Å². The van der Waals surface area contributed by atoms with Gasteiger partial charge in [0.15, 0.2) is 0 Å². The fourth-order valence-electron chi connectivity index (χ4n) is 2.26. The lowest BCUT2D eigenvalue weighted by molar-refractivity contribution is 0.607. The molecule has 2 N–H and O–H groups in total. The normalized spacial score (nSPS) is 15.6. The number of pyridine rings is 1. The van der Waals surface area contributed by atoms with E-state index in [2.05, 4.69) is 21.1 Å². The molecule has 0 atom stereocenters. The highest BCUT2D eigenvalue weighted by molar-refractivity contribution is 7.92. The van der Waals surface area contributed by atoms with Gasteiger partial charge in [0.25, 0.3) is 0 Å². The molecule has 1 aromatic rings. The van der Waals surface area contributed by atoms with E-state index in [9.17, 15) is 8.42 Å². The first-order valence-electron chi connectivity index (χ1n) is 6.88. The minimum Gasteiger partial charge on any atom is -0.370 e. The van der Waals surface area contributed by atoms with E-state index < -0.39 is 10.0 Å². The van der Waals surface area contributed by atoms with Crippen LogP contribution in [0.2, 0.25) is 0 Å². The van der Waals surface area contributed by atoms with Gasteiger partial charge in [-0.1, -0.05) is 11.6 Å². The second-order valence-corrected chi connectivity index (χ2v) is 6.84. The lowest BCUT2D eigenvalue weighted by atomic mass is 9.97. The molecule has 1 aromatic heterocycles. The van der Waals surface area contributed by atoms with E-state index in [0.29, 0.717) is 5.69 Å². The van der Waals surface area contributed by atoms with Gasteiger partial charge < -0.3 is 5.32 Å². The van der Waals surface area contributed by atoms with Gasteiger partial charge in [-0.3, -0.25) is 4.72 Å². The van der Waals surface area contributed by atoms with Crippen molar-refractivity contribution in [2.75, 3.05) is 22.8 Å². The first-order valence-corrected chi connectivity index (χ1v) is 8.78. The van der Waals surface area contributed by atoms with E-state index in [1.54, 1.807) is 12.1 Å². The predicted octanol–water partition coefficient (Wildman–Crippen LogP) is 2.76. The Hall–Kier alpha value is -1.56. The molecule has 0 spiro atoms. The number of hydrogen-bond acceptors (Lipinski definition) is 4. The lowest BCUT2D eigenvalue weighted by Crippen LogP contribution is -2.10. The molecule has 0 aromatic carbocycles. The highest BCUT2D eigenvalue weighted by atomic mass is 32.2. The van der Waals surface area contributed by atoms with Crippen LogP contribution in [0.1, 0.15) is 32.1 Å². The van der Waals surface area contributed by atoms with Crippen LogP contribution < -0.4 is 10.0 Å². The molecule has 0 aliphatic heterocycles. The fourth-order valence-corrected chi connectivity index (χ4v) is 2.80. The fraction of sp³-hybridized carbons (Fsp3) is 0.500. The Balaban J connectivity index is 1.80. The van der Waals surface area contributed by atoms with Crippen molar-refractivity contribution in [1.29, 1.82) is 0 Å². The third-order valence-electron chi connectivity index (χ3n) is 3.20. The van der Waals surface area contributed by atoms with Gasteiger partial charge in [0.2, 0.25) is 10.0 Å². The van der Waals surface area contributed by atoms with Crippen LogP contribution in [0.15, 0.2) is 30.0 Å². The summed E-state index contributed by atoms with van der Waals surface area (Å²) >= 11 is 0. The van der Waals surface area contributed by atoms with Crippen molar-refractivity contribution in [3.8, 4) is 0 Å². The second kappa shape index (κ2) is 6.74. The molecular weight excluding hydrogens is 274 g/mol. The summed E-state index contributed by atoms with van der Waals surface area (Å²) in [5, 5.41) is 3.25. The van der Waals surface area contributed by atoms with E-state index in [1.807, 2.05) is 0 Å². The Morgan fingerprint density at radius 3 is 2.75 bits per heavy atom. The van der Waals surface area contributed by atoms with Crippen molar-refractivity contribution < 1.29 is 8.42 Å². The summed E-state index contributed by atoms with van der Waals surface area (Å²) in [6.07, 6.45) is 11.1. The summed E-state index contributed by atoms with van der Waals surface area (Å²) in [6, 6.07) is 3.49. The maximum absolute atomic E-state index is 11.1. The maximum atomic E-state index is 11.1. The average Bonchev–Trinajstić information content (AvgIpc) is 2.40. The topological polar surface area (TPSA) is 71.1 Å². The summed E-state index contributed by atoms with van der Waals surface area (Å²) in [7, 11) is -3.24. The molecule has 5 nitrogen and oxygen atoms in total. The first kappa shape index (κ1) is 14.8. The van der Waals surface area contributed by atoms with Crippen molar-refractivity contribution in [1.82, 2.24) is 4.98 Å². The Morgan fingerprint density at radius 1 is 1.30 bits per heavy atom. The van der Waals surface area contributed by atoms with Gasteiger partial charge in [-0.25, -0.2) is 13.4 Å². The summed E-state index contributed by atoms with van der Waals surface area (Å²) in [5.41, 5.74) is 2.01. The summed E-state index contributed by atoms with van der Waals surface area (Å²) < 4.78 is 24.5. The minimum atomic E-state index is -3.24. The van der Waals surface area contributed by atoms with Crippen molar-refractivity contribution in [3.63, 3.8) is 0 Å². The number of hydrogen-bond donors (Lipinski definition) is 2. The number of nitrogens with one attached hydrogen (secondary N) is 2. The van der Waals surface area contributed by atoms with Gasteiger partial charge >= 0.3 is 0 Å². The zero-order valence-electron chi connectivity index (χ0n) is 11.7. The molecule has 0 saturated heterocycles. The number of nitrogens with zero attached hydrogens (tertiary/aromatic N) is 1. The molecule has 0 amide bonds. The Bertz CT molecular complexity index is 565. The highest BCUT2D eigenvalue weighted by Gasteiger charge is 2.04. The molecule has 110 valence electrons. The van der Waals surface area contributed by atoms with Crippen molar-refractivity contribution in [2.45, 2.75) is 32.1 Å². The molecule has 2 rings (SSSR count). The molecule has 1 aliphatic rings. The van der Waals surface area contributed by atoms with Crippen LogP contribution in [0.5, 0.6) is 0 Å². The van der Waals surface area contributed by atoms with Gasteiger partial charge in [-0.05, 0) is 44.2 Å². The van der Waals surface area contributed by atoms with Gasteiger partial charge in [0, 0.05) is 6.54 Å². The number of allylic oxidation sites excluding steroid dienone is 1. The Morgan fingerprint density at radius 2 is 2.15 bits per heavy atom. The molecule has 6 heteroatoms. The molecule has 20 heavy (non-hydrogen) atoms. The van der Waals surface area contributed by atoms with E-state index in [4.69, 9.17) is 0 Å². The van der Waals surface area contributed by atoms with Crippen LogP contribution in [-0.2, 0) is 10.0 Å². The predicted molar refractivity (Wildman–Crippen MR) is 82.4 cm³/mol. The average molecular weight is 295 g/mol. The molecule has 0 saturated carbocycles. The standard InChI is InChI=1S/C14H21N3O2S/c1-20(18,19)17-13-7-8-14(16-11-13)15-10-9-12-5-3-2-4-6-12/h5,7-8,11,17H,2-4,6,9-10H2,1H3,(H,15,16). The third kappa shape index (κ3) is 5.21. The van der Waals surface area contributed by atoms with Crippen LogP contribution >= 0.6 is 0 Å². The minimum absolute atomic E-state index is 0.480. The number of anilines is 2. The third-order valence-corrected chi connectivity index (χ3v) is 3.81. The van der Waals surface area contributed by atoms with Crippen molar-refractivity contribution in [2.24, 2.45) is 0 Å². The first-order chi connectivity index (χ1) is 9.53. The van der Waals surface area contributed by atoms with Crippen LogP contribution in [0.4, 0.5) is 11.5 Å². The smallest absolute Gasteiger partial charge is 0.229 e. The van der Waals surface area contributed by atoms with Gasteiger partial charge in [-0.15, -0.1) is 0 Å². The van der Waals surface area contributed by atoms with Crippen molar-refractivity contribution in [3.05, 3.63) is 30.0 Å². The number of sulfonamides is 1. The zero-order valence-corrected chi connectivity index (χ0v) is 12.5. The summed E-state index contributed by atoms with van der Waals surface area (Å²) in [4.78, 5) is 4.19. The van der Waals surface area contributed by atoms with Crippen molar-refractivity contribution >= 4 is 21.5 Å².